The molecule has 17 heavy (non-hydrogen) atoms. The topological polar surface area (TPSA) is 67.2 Å². The molecular formula is C12H22N2O3. The lowest BCUT2D eigenvalue weighted by Crippen LogP contribution is -2.65. The maximum Gasteiger partial charge on any atom is 0.0994 e. The molecule has 0 aliphatic carbocycles. The monoisotopic (exact) mass is 242 g/mol. The zero-order valence-electron chi connectivity index (χ0n) is 10.2. The second-order valence-electron chi connectivity index (χ2n) is 5.12. The second kappa shape index (κ2) is 5.04. The Morgan fingerprint density at radius 3 is 2.71 bits per heavy atom. The summed E-state index contributed by atoms with van der Waals surface area (Å²) >= 11 is 0. The van der Waals surface area contributed by atoms with Crippen LogP contribution < -0.4 is 0 Å². The van der Waals surface area contributed by atoms with Crippen molar-refractivity contribution in [1.29, 1.82) is 0 Å². The Bertz CT molecular complexity index is 287. The third kappa shape index (κ3) is 2.26. The van der Waals surface area contributed by atoms with Gasteiger partial charge in [-0.1, -0.05) is 6.08 Å². The van der Waals surface area contributed by atoms with Gasteiger partial charge in [0.1, 0.15) is 0 Å². The quantitative estimate of drug-likeness (QED) is 0.534. The van der Waals surface area contributed by atoms with Crippen molar-refractivity contribution < 1.29 is 15.3 Å². The van der Waals surface area contributed by atoms with Gasteiger partial charge in [-0.05, 0) is 13.5 Å². The van der Waals surface area contributed by atoms with Crippen molar-refractivity contribution in [1.82, 2.24) is 9.80 Å². The fraction of sp³-hybridized carbons (Fsp3) is 0.833. The zero-order chi connectivity index (χ0) is 12.6. The van der Waals surface area contributed by atoms with E-state index in [1.807, 2.05) is 11.9 Å². The third-order valence-corrected chi connectivity index (χ3v) is 4.03. The van der Waals surface area contributed by atoms with Crippen LogP contribution in [0.25, 0.3) is 0 Å². The molecule has 5 heteroatoms. The molecule has 2 aliphatic heterocycles. The second-order valence-corrected chi connectivity index (χ2v) is 5.12. The summed E-state index contributed by atoms with van der Waals surface area (Å²) < 4.78 is 0. The number of hydrogen-bond donors (Lipinski definition) is 3. The highest BCUT2D eigenvalue weighted by molar-refractivity contribution is 5.04. The van der Waals surface area contributed by atoms with E-state index < -0.39 is 18.3 Å². The van der Waals surface area contributed by atoms with Crippen LogP contribution in [0.3, 0.4) is 0 Å². The molecule has 0 bridgehead atoms. The van der Waals surface area contributed by atoms with E-state index in [0.29, 0.717) is 19.5 Å². The SMILES string of the molecule is C=CCN(C)C1CN2CCC(O)C2C(O)C1O. The number of aliphatic hydroxyl groups is 3. The van der Waals surface area contributed by atoms with E-state index >= 15 is 0 Å². The molecule has 0 spiro atoms. The molecule has 5 atom stereocenters. The molecule has 5 nitrogen and oxygen atoms in total. The van der Waals surface area contributed by atoms with Crippen molar-refractivity contribution in [3.8, 4) is 0 Å². The lowest BCUT2D eigenvalue weighted by Gasteiger charge is -2.45. The molecular weight excluding hydrogens is 220 g/mol. The highest BCUT2D eigenvalue weighted by atomic mass is 16.3. The maximum absolute atomic E-state index is 10.1. The summed E-state index contributed by atoms with van der Waals surface area (Å²) in [6, 6.07) is -0.414. The number of fused-ring (bicyclic) bond motifs is 1. The van der Waals surface area contributed by atoms with E-state index in [0.717, 1.165) is 6.54 Å². The number of rotatable bonds is 3. The Kier molecular flexibility index (Phi) is 3.85. The minimum absolute atomic E-state index is 0.107. The van der Waals surface area contributed by atoms with Gasteiger partial charge >= 0.3 is 0 Å². The Hall–Kier alpha value is -0.460. The Labute approximate surface area is 102 Å². The third-order valence-electron chi connectivity index (χ3n) is 4.03. The molecule has 0 aromatic carbocycles. The van der Waals surface area contributed by atoms with Crippen LogP contribution in [0, 0.1) is 0 Å². The first-order chi connectivity index (χ1) is 8.06. The van der Waals surface area contributed by atoms with Crippen LogP contribution >= 0.6 is 0 Å². The minimum Gasteiger partial charge on any atom is -0.391 e. The van der Waals surface area contributed by atoms with Gasteiger partial charge < -0.3 is 15.3 Å². The van der Waals surface area contributed by atoms with Gasteiger partial charge in [-0.25, -0.2) is 0 Å². The van der Waals surface area contributed by atoms with Crippen molar-refractivity contribution >= 4 is 0 Å². The molecule has 2 aliphatic rings. The molecule has 0 radical (unpaired) electrons. The molecule has 2 saturated heterocycles. The molecule has 2 fully saturated rings. The van der Waals surface area contributed by atoms with Gasteiger partial charge in [-0.2, -0.15) is 0 Å². The van der Waals surface area contributed by atoms with E-state index in [-0.39, 0.29) is 12.1 Å². The maximum atomic E-state index is 10.1. The summed E-state index contributed by atoms with van der Waals surface area (Å²) in [6.45, 7) is 5.83. The fourth-order valence-corrected chi connectivity index (χ4v) is 3.03. The zero-order valence-corrected chi connectivity index (χ0v) is 10.2. The number of piperidine rings is 1. The summed E-state index contributed by atoms with van der Waals surface area (Å²) in [6.07, 6.45) is 0.244. The van der Waals surface area contributed by atoms with Crippen LogP contribution in [-0.4, -0.2) is 82.2 Å². The minimum atomic E-state index is -0.876. The van der Waals surface area contributed by atoms with Crippen molar-refractivity contribution in [3.63, 3.8) is 0 Å². The first-order valence-corrected chi connectivity index (χ1v) is 6.15. The van der Waals surface area contributed by atoms with Gasteiger partial charge in [0.2, 0.25) is 0 Å². The Morgan fingerprint density at radius 2 is 2.06 bits per heavy atom. The summed E-state index contributed by atoms with van der Waals surface area (Å²) in [5.41, 5.74) is 0. The number of aliphatic hydroxyl groups excluding tert-OH is 3. The van der Waals surface area contributed by atoms with E-state index in [1.165, 1.54) is 0 Å². The molecule has 3 N–H and O–H groups in total. The molecule has 0 saturated carbocycles. The largest absolute Gasteiger partial charge is 0.391 e. The Balaban J connectivity index is 2.10. The van der Waals surface area contributed by atoms with Gasteiger partial charge in [-0.15, -0.1) is 6.58 Å². The first-order valence-electron chi connectivity index (χ1n) is 6.15. The highest BCUT2D eigenvalue weighted by Crippen LogP contribution is 2.29. The van der Waals surface area contributed by atoms with E-state index in [2.05, 4.69) is 11.5 Å². The first kappa shape index (κ1) is 13.0. The van der Waals surface area contributed by atoms with Crippen LogP contribution in [0.2, 0.25) is 0 Å². The standard InChI is InChI=1S/C12H22N2O3/c1-3-5-13(2)8-7-14-6-4-9(15)10(14)12(17)11(8)16/h3,8-12,15-17H,1,4-7H2,2H3. The summed E-state index contributed by atoms with van der Waals surface area (Å²) in [4.78, 5) is 4.06. The van der Waals surface area contributed by atoms with E-state index in [9.17, 15) is 15.3 Å². The lowest BCUT2D eigenvalue weighted by atomic mass is 9.90. The molecule has 0 aromatic heterocycles. The van der Waals surface area contributed by atoms with Crippen LogP contribution in [-0.2, 0) is 0 Å². The van der Waals surface area contributed by atoms with Gasteiger partial charge in [0.05, 0.1) is 30.4 Å². The molecule has 5 unspecified atom stereocenters. The molecule has 0 aromatic rings. The molecule has 98 valence electrons. The van der Waals surface area contributed by atoms with Crippen molar-refractivity contribution in [2.75, 3.05) is 26.7 Å². The molecule has 0 amide bonds. The number of hydrogen-bond acceptors (Lipinski definition) is 5. The van der Waals surface area contributed by atoms with Crippen LogP contribution in [0.1, 0.15) is 6.42 Å². The summed E-state index contributed by atoms with van der Waals surface area (Å²) in [5, 5.41) is 30.0. The molecule has 2 rings (SSSR count). The predicted octanol–water partition coefficient (Wildman–Crippen LogP) is -1.36. The highest BCUT2D eigenvalue weighted by Gasteiger charge is 2.48. The van der Waals surface area contributed by atoms with Crippen LogP contribution in [0.4, 0.5) is 0 Å². The number of likely N-dealkylation sites (N-methyl/N-ethyl adjacent to an activating group) is 1. The average Bonchev–Trinajstić information content (AvgIpc) is 2.65. The lowest BCUT2D eigenvalue weighted by molar-refractivity contribution is -0.120. The average molecular weight is 242 g/mol. The molecule has 2 heterocycles. The normalized spacial score (nSPS) is 42.8. The van der Waals surface area contributed by atoms with E-state index in [1.54, 1.807) is 6.08 Å². The number of nitrogens with zero attached hydrogens (tertiary/aromatic N) is 2. The van der Waals surface area contributed by atoms with Gasteiger partial charge in [0.25, 0.3) is 0 Å². The van der Waals surface area contributed by atoms with Gasteiger partial charge in [-0.3, -0.25) is 9.80 Å². The van der Waals surface area contributed by atoms with Crippen molar-refractivity contribution in [2.24, 2.45) is 0 Å². The van der Waals surface area contributed by atoms with Crippen molar-refractivity contribution in [2.45, 2.75) is 36.8 Å². The van der Waals surface area contributed by atoms with E-state index in [4.69, 9.17) is 0 Å². The summed E-state index contributed by atoms with van der Waals surface area (Å²) in [5.74, 6) is 0. The Morgan fingerprint density at radius 1 is 1.35 bits per heavy atom. The van der Waals surface area contributed by atoms with Gasteiger partial charge in [0.15, 0.2) is 0 Å². The summed E-state index contributed by atoms with van der Waals surface area (Å²) in [7, 11) is 1.91. The van der Waals surface area contributed by atoms with Crippen molar-refractivity contribution in [3.05, 3.63) is 12.7 Å². The van der Waals surface area contributed by atoms with Crippen LogP contribution in [0.15, 0.2) is 12.7 Å². The fourth-order valence-electron chi connectivity index (χ4n) is 3.03. The smallest absolute Gasteiger partial charge is 0.0994 e. The van der Waals surface area contributed by atoms with Crippen LogP contribution in [0.5, 0.6) is 0 Å². The predicted molar refractivity (Wildman–Crippen MR) is 64.6 cm³/mol. The van der Waals surface area contributed by atoms with Gasteiger partial charge in [0, 0.05) is 19.6 Å².